The van der Waals surface area contributed by atoms with Crippen molar-refractivity contribution in [2.75, 3.05) is 0 Å². The molecule has 0 N–H and O–H groups in total. The molecule has 0 radical (unpaired) electrons. The molecule has 2 nitrogen and oxygen atoms in total. The number of aromatic nitrogens is 1. The first kappa shape index (κ1) is 17.1. The Kier molecular flexibility index (Phi) is 4.95. The molecule has 0 amide bonds. The van der Waals surface area contributed by atoms with E-state index < -0.39 is 0 Å². The van der Waals surface area contributed by atoms with Gasteiger partial charge in [-0.05, 0) is 52.4 Å². The number of Topliss-reactive ketones (excluding diaryl/α,β-unsaturated/α-hetero) is 1. The lowest BCUT2D eigenvalue weighted by Gasteiger charge is -2.06. The third-order valence-corrected chi connectivity index (χ3v) is 6.06. The minimum absolute atomic E-state index is 0.00990. The summed E-state index contributed by atoms with van der Waals surface area (Å²) in [4.78, 5) is 17.9. The molecule has 4 aromatic rings. The van der Waals surface area contributed by atoms with E-state index in [1.165, 1.54) is 0 Å². The lowest BCUT2D eigenvalue weighted by molar-refractivity contribution is 0.105. The van der Waals surface area contributed by atoms with Crippen LogP contribution in [0.15, 0.2) is 78.9 Å². The second-order valence-electron chi connectivity index (χ2n) is 5.76. The number of hydrogen-bond donors (Lipinski definition) is 0. The number of nitrogens with zero attached hydrogens (tertiary/aromatic N) is 1. The van der Waals surface area contributed by atoms with Gasteiger partial charge in [0, 0.05) is 9.13 Å². The van der Waals surface area contributed by atoms with Crippen LogP contribution in [0.3, 0.4) is 0 Å². The highest BCUT2D eigenvalue weighted by atomic mass is 127. The molecule has 0 spiro atoms. The molecular weight excluding hydrogens is 453 g/mol. The predicted octanol–water partition coefficient (Wildman–Crippen LogP) is 6.32. The number of thiazole rings is 1. The first-order valence-corrected chi connectivity index (χ1v) is 10.0. The molecule has 0 atom stereocenters. The van der Waals surface area contributed by atoms with E-state index in [0.717, 1.165) is 24.4 Å². The number of benzene rings is 3. The number of halogens is 1. The van der Waals surface area contributed by atoms with Crippen molar-refractivity contribution in [3.8, 4) is 0 Å². The Bertz CT molecular complexity index is 1080. The second kappa shape index (κ2) is 7.51. The number of hydrogen-bond acceptors (Lipinski definition) is 3. The molecule has 0 aliphatic rings. The van der Waals surface area contributed by atoms with E-state index in [0.29, 0.717) is 11.1 Å². The topological polar surface area (TPSA) is 30.0 Å². The molecule has 0 aliphatic carbocycles. The van der Waals surface area contributed by atoms with Crippen molar-refractivity contribution in [1.82, 2.24) is 4.98 Å². The largest absolute Gasteiger partial charge is 0.288 e. The van der Waals surface area contributed by atoms with Crippen LogP contribution in [0.2, 0.25) is 0 Å². The highest BCUT2D eigenvalue weighted by Gasteiger charge is 2.18. The molecule has 1 aromatic heterocycles. The van der Waals surface area contributed by atoms with Crippen LogP contribution in [0, 0.1) is 3.57 Å². The fourth-order valence-electron chi connectivity index (χ4n) is 2.70. The summed E-state index contributed by atoms with van der Waals surface area (Å²) < 4.78 is 2.18. The maximum Gasteiger partial charge on any atom is 0.196 e. The molecule has 0 unspecified atom stereocenters. The summed E-state index contributed by atoms with van der Waals surface area (Å²) in [6.07, 6.45) is 1.95. The summed E-state index contributed by atoms with van der Waals surface area (Å²) in [7, 11) is 0. The number of fused-ring (bicyclic) bond motifs is 1. The average Bonchev–Trinajstić information content (AvgIpc) is 3.11. The molecule has 0 bridgehead atoms. The standard InChI is InChI=1S/C22H14INOS/c23-18-11-5-4-10-16(18)14-17(21(25)15-8-2-1-3-9-15)22-24-19-12-6-7-13-20(19)26-22/h1-14H/b17-14-. The van der Waals surface area contributed by atoms with E-state index in [4.69, 9.17) is 4.98 Å². The van der Waals surface area contributed by atoms with E-state index in [2.05, 4.69) is 22.6 Å². The Balaban J connectivity index is 1.89. The number of para-hydroxylation sites is 1. The van der Waals surface area contributed by atoms with E-state index in [9.17, 15) is 4.79 Å². The van der Waals surface area contributed by atoms with Gasteiger partial charge in [-0.1, -0.05) is 60.7 Å². The van der Waals surface area contributed by atoms with Crippen LogP contribution in [-0.4, -0.2) is 10.8 Å². The van der Waals surface area contributed by atoms with Gasteiger partial charge in [-0.2, -0.15) is 0 Å². The van der Waals surface area contributed by atoms with Gasteiger partial charge >= 0.3 is 0 Å². The number of carbonyl (C=O) groups excluding carboxylic acids is 1. The first-order chi connectivity index (χ1) is 12.7. The quantitative estimate of drug-likeness (QED) is 0.200. The average molecular weight is 467 g/mol. The molecule has 0 saturated carbocycles. The number of carbonyl (C=O) groups is 1. The number of rotatable bonds is 4. The molecule has 4 heteroatoms. The zero-order valence-corrected chi connectivity index (χ0v) is 16.7. The SMILES string of the molecule is O=C(/C(=C/c1ccccc1I)c1nc2ccccc2s1)c1ccccc1. The zero-order chi connectivity index (χ0) is 17.9. The summed E-state index contributed by atoms with van der Waals surface area (Å²) in [5.74, 6) is -0.00990. The zero-order valence-electron chi connectivity index (χ0n) is 13.7. The maximum atomic E-state index is 13.2. The highest BCUT2D eigenvalue weighted by molar-refractivity contribution is 14.1. The van der Waals surface area contributed by atoms with E-state index in [-0.39, 0.29) is 5.78 Å². The third-order valence-electron chi connectivity index (χ3n) is 4.01. The Morgan fingerprint density at radius 2 is 1.58 bits per heavy atom. The Morgan fingerprint density at radius 3 is 2.35 bits per heavy atom. The van der Waals surface area contributed by atoms with Gasteiger partial charge < -0.3 is 0 Å². The van der Waals surface area contributed by atoms with E-state index >= 15 is 0 Å². The van der Waals surface area contributed by atoms with Crippen molar-refractivity contribution in [2.45, 2.75) is 0 Å². The fourth-order valence-corrected chi connectivity index (χ4v) is 4.23. The summed E-state index contributed by atoms with van der Waals surface area (Å²) in [5.41, 5.74) is 3.24. The van der Waals surface area contributed by atoms with Crippen LogP contribution in [-0.2, 0) is 0 Å². The molecular formula is C22H14INOS. The van der Waals surface area contributed by atoms with Crippen LogP contribution < -0.4 is 0 Å². The monoisotopic (exact) mass is 467 g/mol. The molecule has 3 aromatic carbocycles. The fraction of sp³-hybridized carbons (Fsp3) is 0. The lowest BCUT2D eigenvalue weighted by atomic mass is 10.0. The van der Waals surface area contributed by atoms with Crippen molar-refractivity contribution in [2.24, 2.45) is 0 Å². The van der Waals surface area contributed by atoms with Gasteiger partial charge in [0.15, 0.2) is 5.78 Å². The van der Waals surface area contributed by atoms with Crippen molar-refractivity contribution in [3.05, 3.63) is 98.6 Å². The lowest BCUT2D eigenvalue weighted by Crippen LogP contribution is -2.02. The van der Waals surface area contributed by atoms with Crippen molar-refractivity contribution < 1.29 is 4.79 Å². The molecule has 4 rings (SSSR count). The van der Waals surface area contributed by atoms with Crippen LogP contribution in [0.25, 0.3) is 21.9 Å². The molecule has 26 heavy (non-hydrogen) atoms. The minimum Gasteiger partial charge on any atom is -0.288 e. The first-order valence-electron chi connectivity index (χ1n) is 8.14. The predicted molar refractivity (Wildman–Crippen MR) is 117 cm³/mol. The Labute approximate surface area is 169 Å². The van der Waals surface area contributed by atoms with Gasteiger partial charge in [-0.15, -0.1) is 11.3 Å². The third kappa shape index (κ3) is 3.48. The molecule has 1 heterocycles. The molecule has 126 valence electrons. The van der Waals surface area contributed by atoms with Gasteiger partial charge in [0.2, 0.25) is 0 Å². The van der Waals surface area contributed by atoms with Crippen molar-refractivity contribution in [3.63, 3.8) is 0 Å². The van der Waals surface area contributed by atoms with Crippen LogP contribution in [0.5, 0.6) is 0 Å². The summed E-state index contributed by atoms with van der Waals surface area (Å²) >= 11 is 3.84. The van der Waals surface area contributed by atoms with Gasteiger partial charge in [0.1, 0.15) is 5.01 Å². The van der Waals surface area contributed by atoms with Crippen LogP contribution in [0.1, 0.15) is 20.9 Å². The minimum atomic E-state index is -0.00990. The van der Waals surface area contributed by atoms with Crippen molar-refractivity contribution in [1.29, 1.82) is 0 Å². The molecule has 0 saturated heterocycles. The maximum absolute atomic E-state index is 13.2. The summed E-state index contributed by atoms with van der Waals surface area (Å²) in [6, 6.07) is 25.4. The Morgan fingerprint density at radius 1 is 0.885 bits per heavy atom. The highest BCUT2D eigenvalue weighted by Crippen LogP contribution is 2.31. The van der Waals surface area contributed by atoms with E-state index in [1.807, 2.05) is 84.9 Å². The van der Waals surface area contributed by atoms with Crippen molar-refractivity contribution >= 4 is 61.6 Å². The smallest absolute Gasteiger partial charge is 0.196 e. The molecule has 0 aliphatic heterocycles. The van der Waals surface area contributed by atoms with Gasteiger partial charge in [-0.25, -0.2) is 4.98 Å². The summed E-state index contributed by atoms with van der Waals surface area (Å²) in [5, 5.41) is 0.750. The van der Waals surface area contributed by atoms with Gasteiger partial charge in [-0.3, -0.25) is 4.79 Å². The summed E-state index contributed by atoms with van der Waals surface area (Å²) in [6.45, 7) is 0. The second-order valence-corrected chi connectivity index (χ2v) is 7.95. The van der Waals surface area contributed by atoms with Gasteiger partial charge in [0.25, 0.3) is 0 Å². The van der Waals surface area contributed by atoms with Gasteiger partial charge in [0.05, 0.1) is 15.8 Å². The Hall–Kier alpha value is -2.31. The normalized spacial score (nSPS) is 11.7. The number of ketones is 1. The van der Waals surface area contributed by atoms with E-state index in [1.54, 1.807) is 11.3 Å². The molecule has 0 fully saturated rings. The van der Waals surface area contributed by atoms with Crippen LogP contribution >= 0.6 is 33.9 Å². The van der Waals surface area contributed by atoms with Crippen LogP contribution in [0.4, 0.5) is 0 Å². The number of allylic oxidation sites excluding steroid dienone is 1.